The molecule has 0 aliphatic heterocycles. The van der Waals surface area contributed by atoms with Crippen LogP contribution >= 0.6 is 11.6 Å². The molecular weight excluding hydrogens is 342 g/mol. The van der Waals surface area contributed by atoms with Crippen molar-refractivity contribution >= 4 is 22.4 Å². The van der Waals surface area contributed by atoms with Crippen molar-refractivity contribution in [1.29, 1.82) is 15.8 Å². The smallest absolute Gasteiger partial charge is 0.175 e. The van der Waals surface area contributed by atoms with Crippen LogP contribution in [0.2, 0.25) is 5.02 Å². The topological polar surface area (TPSA) is 71.4 Å². The van der Waals surface area contributed by atoms with Crippen LogP contribution in [0.25, 0.3) is 10.8 Å². The van der Waals surface area contributed by atoms with E-state index < -0.39 is 16.7 Å². The molecule has 3 aromatic rings. The highest BCUT2D eigenvalue weighted by atomic mass is 35.5. The summed E-state index contributed by atoms with van der Waals surface area (Å²) < 4.78 is 0. The number of fused-ring (bicyclic) bond motifs is 1. The van der Waals surface area contributed by atoms with Crippen LogP contribution < -0.4 is 0 Å². The Morgan fingerprint density at radius 1 is 0.769 bits per heavy atom. The summed E-state index contributed by atoms with van der Waals surface area (Å²) in [6.07, 6.45) is 0. The molecule has 0 spiro atoms. The van der Waals surface area contributed by atoms with E-state index in [0.717, 1.165) is 16.3 Å². The molecule has 0 unspecified atom stereocenters. The fourth-order valence-electron chi connectivity index (χ4n) is 4.10. The molecule has 0 heterocycles. The van der Waals surface area contributed by atoms with Crippen LogP contribution in [0.4, 0.5) is 0 Å². The standard InChI is InChI=1S/C22H12ClN3/c23-17-10-8-16(9-11-17)22(14-26)20(21(22,12-24)13-25)19-7-3-5-15-4-1-2-6-18(15)19/h1-11,20H/t20-,22+/m0/s1. The molecule has 0 amide bonds. The molecule has 122 valence electrons. The fourth-order valence-corrected chi connectivity index (χ4v) is 4.22. The highest BCUT2D eigenvalue weighted by Crippen LogP contribution is 2.74. The molecule has 1 aliphatic carbocycles. The van der Waals surface area contributed by atoms with Gasteiger partial charge in [0, 0.05) is 10.9 Å². The first-order valence-corrected chi connectivity index (χ1v) is 8.50. The summed E-state index contributed by atoms with van der Waals surface area (Å²) in [5.74, 6) is -0.526. The van der Waals surface area contributed by atoms with E-state index in [-0.39, 0.29) is 0 Å². The van der Waals surface area contributed by atoms with E-state index >= 15 is 0 Å². The van der Waals surface area contributed by atoms with Gasteiger partial charge in [0.15, 0.2) is 5.41 Å². The van der Waals surface area contributed by atoms with E-state index in [9.17, 15) is 15.8 Å². The lowest BCUT2D eigenvalue weighted by molar-refractivity contribution is 0.742. The number of nitrogens with zero attached hydrogens (tertiary/aromatic N) is 3. The van der Waals surface area contributed by atoms with Crippen molar-refractivity contribution in [3.8, 4) is 18.2 Å². The minimum atomic E-state index is -1.43. The zero-order chi connectivity index (χ0) is 18.4. The second kappa shape index (κ2) is 5.60. The highest BCUT2D eigenvalue weighted by Gasteiger charge is 2.81. The zero-order valence-corrected chi connectivity index (χ0v) is 14.4. The average molecular weight is 354 g/mol. The monoisotopic (exact) mass is 353 g/mol. The molecule has 0 radical (unpaired) electrons. The Kier molecular flexibility index (Phi) is 3.48. The van der Waals surface area contributed by atoms with Crippen molar-refractivity contribution in [2.24, 2.45) is 5.41 Å². The van der Waals surface area contributed by atoms with Crippen LogP contribution in [0.3, 0.4) is 0 Å². The Balaban J connectivity index is 2.01. The first-order chi connectivity index (χ1) is 12.6. The van der Waals surface area contributed by atoms with Gasteiger partial charge >= 0.3 is 0 Å². The Morgan fingerprint density at radius 3 is 2.08 bits per heavy atom. The molecule has 0 saturated heterocycles. The first kappa shape index (κ1) is 16.2. The van der Waals surface area contributed by atoms with E-state index in [2.05, 4.69) is 18.2 Å². The molecule has 1 fully saturated rings. The molecule has 3 nitrogen and oxygen atoms in total. The van der Waals surface area contributed by atoms with Crippen LogP contribution in [0.5, 0.6) is 0 Å². The highest BCUT2D eigenvalue weighted by molar-refractivity contribution is 6.30. The third-order valence-electron chi connectivity index (χ3n) is 5.37. The predicted octanol–water partition coefficient (Wildman–Crippen LogP) is 5.09. The lowest BCUT2D eigenvalue weighted by atomic mass is 9.88. The number of hydrogen-bond acceptors (Lipinski definition) is 3. The van der Waals surface area contributed by atoms with Gasteiger partial charge in [0.25, 0.3) is 0 Å². The van der Waals surface area contributed by atoms with Gasteiger partial charge in [0.05, 0.1) is 18.2 Å². The second-order valence-corrected chi connectivity index (χ2v) is 6.90. The van der Waals surface area contributed by atoms with E-state index in [1.165, 1.54) is 0 Å². The lowest BCUT2D eigenvalue weighted by Crippen LogP contribution is -2.14. The Hall–Kier alpha value is -3.32. The number of benzene rings is 3. The SMILES string of the molecule is N#CC1(C#N)[C@H](c2cccc3ccccc23)[C@@]1(C#N)c1ccc(Cl)cc1. The summed E-state index contributed by atoms with van der Waals surface area (Å²) in [6.45, 7) is 0. The molecule has 4 rings (SSSR count). The maximum Gasteiger partial charge on any atom is 0.175 e. The molecule has 0 N–H and O–H groups in total. The van der Waals surface area contributed by atoms with Gasteiger partial charge in [-0.1, -0.05) is 66.2 Å². The molecule has 1 saturated carbocycles. The van der Waals surface area contributed by atoms with Crippen LogP contribution in [0.15, 0.2) is 66.7 Å². The summed E-state index contributed by atoms with van der Waals surface area (Å²) in [6, 6.07) is 27.1. The number of hydrogen-bond donors (Lipinski definition) is 0. The van der Waals surface area contributed by atoms with E-state index in [1.807, 2.05) is 42.5 Å². The average Bonchev–Trinajstić information content (AvgIpc) is 3.31. The third-order valence-corrected chi connectivity index (χ3v) is 5.62. The summed E-state index contributed by atoms with van der Waals surface area (Å²) in [7, 11) is 0. The molecule has 0 aromatic heterocycles. The van der Waals surface area contributed by atoms with Crippen molar-refractivity contribution in [2.45, 2.75) is 11.3 Å². The van der Waals surface area contributed by atoms with Crippen molar-refractivity contribution in [2.75, 3.05) is 0 Å². The molecule has 2 atom stereocenters. The van der Waals surface area contributed by atoms with Gasteiger partial charge in [-0.2, -0.15) is 15.8 Å². The van der Waals surface area contributed by atoms with Gasteiger partial charge in [0.1, 0.15) is 5.41 Å². The maximum atomic E-state index is 10.1. The lowest BCUT2D eigenvalue weighted by Gasteiger charge is -2.11. The largest absolute Gasteiger partial charge is 0.197 e. The quantitative estimate of drug-likeness (QED) is 0.644. The van der Waals surface area contributed by atoms with E-state index in [4.69, 9.17) is 11.6 Å². The molecule has 26 heavy (non-hydrogen) atoms. The minimum absolute atomic E-state index is 0.526. The Morgan fingerprint density at radius 2 is 1.42 bits per heavy atom. The maximum absolute atomic E-state index is 10.1. The van der Waals surface area contributed by atoms with Crippen molar-refractivity contribution in [1.82, 2.24) is 0 Å². The predicted molar refractivity (Wildman–Crippen MR) is 99.1 cm³/mol. The van der Waals surface area contributed by atoms with Gasteiger partial charge in [-0.3, -0.25) is 0 Å². The molecular formula is C22H12ClN3. The second-order valence-electron chi connectivity index (χ2n) is 6.46. The van der Waals surface area contributed by atoms with Crippen LogP contribution in [-0.2, 0) is 5.41 Å². The fraction of sp³-hybridized carbons (Fsp3) is 0.136. The molecule has 3 aromatic carbocycles. The zero-order valence-electron chi connectivity index (χ0n) is 13.6. The van der Waals surface area contributed by atoms with Gasteiger partial charge < -0.3 is 0 Å². The minimum Gasteiger partial charge on any atom is -0.197 e. The Bertz CT molecular complexity index is 1130. The number of halogens is 1. The summed E-state index contributed by atoms with van der Waals surface area (Å²) in [5.41, 5.74) is -1.15. The molecule has 0 bridgehead atoms. The summed E-state index contributed by atoms with van der Waals surface area (Å²) in [5, 5.41) is 32.4. The number of nitriles is 3. The summed E-state index contributed by atoms with van der Waals surface area (Å²) >= 11 is 5.98. The van der Waals surface area contributed by atoms with Crippen molar-refractivity contribution in [3.63, 3.8) is 0 Å². The van der Waals surface area contributed by atoms with E-state index in [0.29, 0.717) is 10.6 Å². The van der Waals surface area contributed by atoms with Crippen LogP contribution in [0, 0.1) is 39.4 Å². The normalized spacial score (nSPS) is 22.8. The van der Waals surface area contributed by atoms with Crippen LogP contribution in [0.1, 0.15) is 17.0 Å². The van der Waals surface area contributed by atoms with E-state index in [1.54, 1.807) is 24.3 Å². The number of rotatable bonds is 2. The first-order valence-electron chi connectivity index (χ1n) is 8.12. The molecule has 1 aliphatic rings. The van der Waals surface area contributed by atoms with Crippen molar-refractivity contribution in [3.05, 3.63) is 82.9 Å². The van der Waals surface area contributed by atoms with Crippen molar-refractivity contribution < 1.29 is 0 Å². The van der Waals surface area contributed by atoms with Crippen LogP contribution in [-0.4, -0.2) is 0 Å². The van der Waals surface area contributed by atoms with Gasteiger partial charge in [0.2, 0.25) is 0 Å². The van der Waals surface area contributed by atoms with Gasteiger partial charge in [-0.05, 0) is 34.0 Å². The van der Waals surface area contributed by atoms with Gasteiger partial charge in [-0.15, -0.1) is 0 Å². The van der Waals surface area contributed by atoms with Gasteiger partial charge in [-0.25, -0.2) is 0 Å². The Labute approximate surface area is 156 Å². The molecule has 4 heteroatoms. The summed E-state index contributed by atoms with van der Waals surface area (Å²) in [4.78, 5) is 0. The third kappa shape index (κ3) is 1.86.